The molecular weight excluding hydrogens is 414 g/mol. The number of aromatic nitrogens is 1. The van der Waals surface area contributed by atoms with Gasteiger partial charge in [0.1, 0.15) is 0 Å². The molecule has 8 heteroatoms. The Morgan fingerprint density at radius 1 is 1.19 bits per heavy atom. The lowest BCUT2D eigenvalue weighted by Crippen LogP contribution is -2.51. The third-order valence-corrected chi connectivity index (χ3v) is 7.17. The molecule has 0 bridgehead atoms. The largest absolute Gasteiger partial charge is 0.381 e. The van der Waals surface area contributed by atoms with Crippen LogP contribution in [0.3, 0.4) is 0 Å². The Kier molecular flexibility index (Phi) is 8.49. The molecule has 2 N–H and O–H groups in total. The molecular formula is C23H40N3O4S+. The number of nitrogens with zero attached hydrogens (tertiary/aromatic N) is 1. The van der Waals surface area contributed by atoms with Crippen molar-refractivity contribution in [1.29, 1.82) is 0 Å². The van der Waals surface area contributed by atoms with Crippen molar-refractivity contribution in [2.75, 3.05) is 38.3 Å². The third-order valence-electron chi connectivity index (χ3n) is 6.28. The number of hydrogen-bond acceptors (Lipinski definition) is 6. The van der Waals surface area contributed by atoms with Crippen molar-refractivity contribution in [3.8, 4) is 0 Å². The second-order valence-electron chi connectivity index (χ2n) is 9.99. The number of anilines is 1. The maximum atomic E-state index is 13.0. The summed E-state index contributed by atoms with van der Waals surface area (Å²) in [6, 6.07) is 2.07. The molecule has 3 rings (SSSR count). The van der Waals surface area contributed by atoms with Crippen LogP contribution in [0.25, 0.3) is 0 Å². The van der Waals surface area contributed by atoms with Crippen molar-refractivity contribution < 1.29 is 23.0 Å². The summed E-state index contributed by atoms with van der Waals surface area (Å²) in [6.07, 6.45) is 5.25. The molecule has 0 spiro atoms. The number of aryl methyl sites for hydroxylation is 1. The molecule has 1 amide bonds. The maximum absolute atomic E-state index is 13.0. The molecule has 7 nitrogen and oxygen atoms in total. The van der Waals surface area contributed by atoms with Gasteiger partial charge in [-0.15, -0.1) is 3.96 Å². The van der Waals surface area contributed by atoms with Crippen LogP contribution in [-0.4, -0.2) is 50.7 Å². The van der Waals surface area contributed by atoms with E-state index in [0.29, 0.717) is 12.5 Å². The van der Waals surface area contributed by atoms with Crippen LogP contribution in [0.1, 0.15) is 65.5 Å². The summed E-state index contributed by atoms with van der Waals surface area (Å²) < 4.78 is 19.3. The van der Waals surface area contributed by atoms with Gasteiger partial charge in [-0.1, -0.05) is 0 Å². The molecule has 2 aliphatic heterocycles. The smallest absolute Gasteiger partial charge is 0.244 e. The molecule has 3 heterocycles. The van der Waals surface area contributed by atoms with Crippen molar-refractivity contribution in [2.24, 2.45) is 13.0 Å². The summed E-state index contributed by atoms with van der Waals surface area (Å²) in [5.41, 5.74) is 0.306. The van der Waals surface area contributed by atoms with E-state index in [4.69, 9.17) is 14.2 Å². The predicted molar refractivity (Wildman–Crippen MR) is 122 cm³/mol. The molecule has 1 atom stereocenters. The zero-order chi connectivity index (χ0) is 22.5. The van der Waals surface area contributed by atoms with Crippen molar-refractivity contribution in [3.63, 3.8) is 0 Å². The number of carbonyl (C=O) groups excluding carboxylic acids is 1. The van der Waals surface area contributed by atoms with E-state index in [1.807, 2.05) is 20.9 Å². The summed E-state index contributed by atoms with van der Waals surface area (Å²) in [5.74, 6) is 0.554. The molecule has 0 saturated carbocycles. The highest BCUT2D eigenvalue weighted by atomic mass is 32.1. The molecule has 176 valence electrons. The van der Waals surface area contributed by atoms with Crippen molar-refractivity contribution in [2.45, 2.75) is 77.0 Å². The molecule has 31 heavy (non-hydrogen) atoms. The highest BCUT2D eigenvalue weighted by Crippen LogP contribution is 2.28. The molecule has 2 saturated heterocycles. The quantitative estimate of drug-likeness (QED) is 0.561. The number of carbonyl (C=O) groups is 1. The van der Waals surface area contributed by atoms with Crippen molar-refractivity contribution >= 4 is 22.4 Å². The lowest BCUT2D eigenvalue weighted by Gasteiger charge is -2.29. The number of ether oxygens (including phenoxy) is 3. The van der Waals surface area contributed by atoms with Crippen LogP contribution in [0, 0.1) is 5.92 Å². The number of amides is 1. The minimum Gasteiger partial charge on any atom is -0.381 e. The monoisotopic (exact) mass is 454 g/mol. The Bertz CT molecular complexity index is 722. The van der Waals surface area contributed by atoms with Gasteiger partial charge in [0, 0.05) is 25.9 Å². The summed E-state index contributed by atoms with van der Waals surface area (Å²) in [6.45, 7) is 12.1. The molecule has 1 aromatic heterocycles. The van der Waals surface area contributed by atoms with Crippen LogP contribution in [-0.2, 0) is 31.5 Å². The molecule has 0 radical (unpaired) electrons. The van der Waals surface area contributed by atoms with E-state index in [1.165, 1.54) is 0 Å². The summed E-state index contributed by atoms with van der Waals surface area (Å²) in [7, 11) is 2.03. The second-order valence-corrected chi connectivity index (χ2v) is 11.2. The lowest BCUT2D eigenvalue weighted by molar-refractivity contribution is -0.613. The van der Waals surface area contributed by atoms with Crippen molar-refractivity contribution in [1.82, 2.24) is 5.32 Å². The Morgan fingerprint density at radius 2 is 1.94 bits per heavy atom. The lowest BCUT2D eigenvalue weighted by atomic mass is 9.90. The van der Waals surface area contributed by atoms with E-state index in [0.717, 1.165) is 69.2 Å². The average molecular weight is 455 g/mol. The summed E-state index contributed by atoms with van der Waals surface area (Å²) in [4.78, 5) is 13.0. The van der Waals surface area contributed by atoms with E-state index in [1.54, 1.807) is 11.5 Å². The van der Waals surface area contributed by atoms with Crippen LogP contribution >= 0.6 is 11.5 Å². The Balaban J connectivity index is 1.55. The molecule has 1 aromatic rings. The maximum Gasteiger partial charge on any atom is 0.244 e. The van der Waals surface area contributed by atoms with Gasteiger partial charge in [-0.3, -0.25) is 4.79 Å². The highest BCUT2D eigenvalue weighted by molar-refractivity contribution is 7.06. The number of rotatable bonds is 9. The first-order chi connectivity index (χ1) is 14.7. The van der Waals surface area contributed by atoms with Crippen molar-refractivity contribution in [3.05, 3.63) is 11.8 Å². The van der Waals surface area contributed by atoms with Gasteiger partial charge in [0.05, 0.1) is 17.6 Å². The van der Waals surface area contributed by atoms with Crippen LogP contribution in [0.4, 0.5) is 5.00 Å². The normalized spacial score (nSPS) is 21.3. The van der Waals surface area contributed by atoms with Crippen LogP contribution in [0.2, 0.25) is 0 Å². The predicted octanol–water partition coefficient (Wildman–Crippen LogP) is 3.13. The first kappa shape index (κ1) is 24.6. The number of nitrogens with one attached hydrogen (secondary N) is 2. The minimum atomic E-state index is -0.641. The highest BCUT2D eigenvalue weighted by Gasteiger charge is 2.35. The van der Waals surface area contributed by atoms with Gasteiger partial charge < -0.3 is 24.8 Å². The molecule has 0 aromatic carbocycles. The second kappa shape index (κ2) is 10.7. The SMILES string of the molecule is C[n+]1sc(NC(=O)C(C)(C)NCC2CCOCC2)cc1C(C)(C)COC1CCCCO1. The fourth-order valence-corrected chi connectivity index (χ4v) is 5.03. The van der Waals surface area contributed by atoms with Gasteiger partial charge >= 0.3 is 0 Å². The summed E-state index contributed by atoms with van der Waals surface area (Å²) in [5, 5.41) is 7.42. The standard InChI is InChI=1S/C23H39N3O4S/c1-22(2,16-30-20-8-6-7-11-29-20)18-14-19(31-26(18)5)25-21(27)23(3,4)24-15-17-9-12-28-13-10-17/h14,17,20,24H,6-13,15-16H2,1-5H3/p+1. The van der Waals surface area contributed by atoms with Gasteiger partial charge in [0.25, 0.3) is 0 Å². The van der Waals surface area contributed by atoms with Crippen LogP contribution < -0.4 is 14.6 Å². The average Bonchev–Trinajstić information content (AvgIpc) is 3.13. The zero-order valence-electron chi connectivity index (χ0n) is 19.8. The summed E-state index contributed by atoms with van der Waals surface area (Å²) >= 11 is 1.55. The first-order valence-corrected chi connectivity index (χ1v) is 12.3. The topological polar surface area (TPSA) is 72.7 Å². The third kappa shape index (κ3) is 6.96. The van der Waals surface area contributed by atoms with Crippen LogP contribution in [0.15, 0.2) is 6.07 Å². The van der Waals surface area contributed by atoms with E-state index in [-0.39, 0.29) is 17.6 Å². The van der Waals surface area contributed by atoms with E-state index in [2.05, 4.69) is 34.5 Å². The van der Waals surface area contributed by atoms with E-state index < -0.39 is 5.54 Å². The van der Waals surface area contributed by atoms with E-state index >= 15 is 0 Å². The molecule has 2 fully saturated rings. The Morgan fingerprint density at radius 3 is 2.61 bits per heavy atom. The van der Waals surface area contributed by atoms with Crippen LogP contribution in [0.5, 0.6) is 0 Å². The molecule has 2 aliphatic rings. The van der Waals surface area contributed by atoms with E-state index in [9.17, 15) is 4.79 Å². The van der Waals surface area contributed by atoms with Gasteiger partial charge in [-0.05, 0) is 72.3 Å². The Hall–Kier alpha value is -1.06. The fraction of sp³-hybridized carbons (Fsp3) is 0.826. The van der Waals surface area contributed by atoms with Gasteiger partial charge in [0.15, 0.2) is 29.9 Å². The fourth-order valence-electron chi connectivity index (χ4n) is 4.03. The van der Waals surface area contributed by atoms with Gasteiger partial charge in [0.2, 0.25) is 11.6 Å². The minimum absolute atomic E-state index is 0.0161. The molecule has 1 unspecified atom stereocenters. The van der Waals surface area contributed by atoms with Gasteiger partial charge in [-0.2, -0.15) is 0 Å². The van der Waals surface area contributed by atoms with Gasteiger partial charge in [-0.25, -0.2) is 0 Å². The number of hydrogen-bond donors (Lipinski definition) is 2. The first-order valence-electron chi connectivity index (χ1n) is 11.6. The zero-order valence-corrected chi connectivity index (χ0v) is 20.6. The molecule has 0 aliphatic carbocycles. The Labute approximate surface area is 191 Å².